The highest BCUT2D eigenvalue weighted by Crippen LogP contribution is 2.13. The lowest BCUT2D eigenvalue weighted by Gasteiger charge is -2.02. The third-order valence-corrected chi connectivity index (χ3v) is 3.92. The molecule has 0 fully saturated rings. The summed E-state index contributed by atoms with van der Waals surface area (Å²) < 4.78 is 0. The van der Waals surface area contributed by atoms with Gasteiger partial charge in [-0.15, -0.1) is 12.4 Å². The van der Waals surface area contributed by atoms with E-state index in [2.05, 4.69) is 19.6 Å². The lowest BCUT2D eigenvalue weighted by atomic mass is 10.0. The van der Waals surface area contributed by atoms with E-state index in [-0.39, 0.29) is 19.0 Å². The van der Waals surface area contributed by atoms with Crippen molar-refractivity contribution < 1.29 is 10.2 Å². The lowest BCUT2D eigenvalue weighted by molar-refractivity contribution is -0.0309. The summed E-state index contributed by atoms with van der Waals surface area (Å²) >= 11 is 0. The van der Waals surface area contributed by atoms with Crippen LogP contribution in [-0.4, -0.2) is 23.0 Å². The molecule has 0 amide bonds. The normalized spacial score (nSPS) is 10.2. The first-order chi connectivity index (χ1) is 10.7. The molecule has 4 N–H and O–H groups in total. The van der Waals surface area contributed by atoms with Crippen molar-refractivity contribution in [3.8, 4) is 0 Å². The summed E-state index contributed by atoms with van der Waals surface area (Å²) in [5.41, 5.74) is 4.67. The molecule has 0 heterocycles. The molecule has 0 spiro atoms. The zero-order valence-corrected chi connectivity index (χ0v) is 16.6. The number of halogens is 1. The standard InChI is InChI=1S/C17H36.C2H7NO2.ClH/c1-3-5-7-9-11-13-15-17-16-14-12-10-8-6-4-2;3-1-2(4)5;/h3-17H2,1-2H3;2,4-5H,1,3H2;1H. The van der Waals surface area contributed by atoms with Crippen LogP contribution in [0.25, 0.3) is 0 Å². The van der Waals surface area contributed by atoms with E-state index in [1.54, 1.807) is 0 Å². The first kappa shape index (κ1) is 28.0. The number of aliphatic hydroxyl groups excluding tert-OH is 1. The van der Waals surface area contributed by atoms with E-state index in [0.29, 0.717) is 0 Å². The van der Waals surface area contributed by atoms with Crippen molar-refractivity contribution in [1.29, 1.82) is 0 Å². The van der Waals surface area contributed by atoms with E-state index < -0.39 is 6.29 Å². The van der Waals surface area contributed by atoms with Crippen molar-refractivity contribution in [2.45, 2.75) is 116 Å². The van der Waals surface area contributed by atoms with E-state index in [4.69, 9.17) is 10.2 Å². The average molecular weight is 354 g/mol. The quantitative estimate of drug-likeness (QED) is 0.267. The zero-order chi connectivity index (χ0) is 16.9. The van der Waals surface area contributed by atoms with Gasteiger partial charge in [0.25, 0.3) is 0 Å². The molecular formula is C19H44ClNO2. The summed E-state index contributed by atoms with van der Waals surface area (Å²) in [5, 5.41) is 15.6. The Morgan fingerprint density at radius 3 is 0.870 bits per heavy atom. The summed E-state index contributed by atoms with van der Waals surface area (Å²) in [6.07, 6.45) is 20.6. The number of unbranched alkanes of at least 4 members (excludes halogenated alkanes) is 14. The molecule has 3 nitrogen and oxygen atoms in total. The molecule has 0 aromatic heterocycles. The molecule has 0 aliphatic rings. The topological polar surface area (TPSA) is 66.5 Å². The predicted octanol–water partition coefficient (Wildman–Crippen LogP) is 5.56. The van der Waals surface area contributed by atoms with Crippen LogP contribution in [-0.2, 0) is 0 Å². The SMILES string of the molecule is CCCCCCCCCCCCCCCCC.Cl.NCC(O)O. The van der Waals surface area contributed by atoms with Crippen LogP contribution >= 0.6 is 12.4 Å². The molecule has 0 bridgehead atoms. The highest BCUT2D eigenvalue weighted by molar-refractivity contribution is 5.85. The fourth-order valence-electron chi connectivity index (χ4n) is 2.44. The van der Waals surface area contributed by atoms with E-state index in [1.807, 2.05) is 0 Å². The molecule has 0 radical (unpaired) electrons. The molecule has 23 heavy (non-hydrogen) atoms. The molecule has 0 rings (SSSR count). The molecular weight excluding hydrogens is 310 g/mol. The fraction of sp³-hybridized carbons (Fsp3) is 1.00. The first-order valence-electron chi connectivity index (χ1n) is 9.75. The smallest absolute Gasteiger partial charge is 0.163 e. The van der Waals surface area contributed by atoms with Crippen LogP contribution in [0, 0.1) is 0 Å². The summed E-state index contributed by atoms with van der Waals surface area (Å²) in [5.74, 6) is 0. The molecule has 144 valence electrons. The second kappa shape index (κ2) is 27.0. The minimum atomic E-state index is -1.34. The summed E-state index contributed by atoms with van der Waals surface area (Å²) in [6.45, 7) is 4.50. The van der Waals surface area contributed by atoms with Crippen LogP contribution in [0.15, 0.2) is 0 Å². The Morgan fingerprint density at radius 1 is 0.565 bits per heavy atom. The lowest BCUT2D eigenvalue weighted by Crippen LogP contribution is -2.17. The molecule has 0 unspecified atom stereocenters. The number of hydrogen-bond donors (Lipinski definition) is 3. The molecule has 0 aromatic carbocycles. The highest BCUT2D eigenvalue weighted by atomic mass is 35.5. The van der Waals surface area contributed by atoms with Crippen LogP contribution in [0.1, 0.15) is 110 Å². The van der Waals surface area contributed by atoms with Crippen LogP contribution in [0.4, 0.5) is 0 Å². The van der Waals surface area contributed by atoms with E-state index in [9.17, 15) is 0 Å². The molecule has 0 aliphatic heterocycles. The maximum absolute atomic E-state index is 7.79. The second-order valence-corrected chi connectivity index (χ2v) is 6.31. The Morgan fingerprint density at radius 2 is 0.739 bits per heavy atom. The Hall–Kier alpha value is 0.170. The number of aliphatic hydroxyl groups is 2. The van der Waals surface area contributed by atoms with Gasteiger partial charge in [-0.25, -0.2) is 0 Å². The Bertz CT molecular complexity index is 167. The van der Waals surface area contributed by atoms with Gasteiger partial charge in [-0.3, -0.25) is 0 Å². The van der Waals surface area contributed by atoms with Gasteiger partial charge in [-0.1, -0.05) is 110 Å². The molecule has 4 heteroatoms. The maximum Gasteiger partial charge on any atom is 0.163 e. The third-order valence-electron chi connectivity index (χ3n) is 3.92. The minimum absolute atomic E-state index is 0. The molecule has 0 atom stereocenters. The van der Waals surface area contributed by atoms with Crippen molar-refractivity contribution in [2.24, 2.45) is 5.73 Å². The van der Waals surface area contributed by atoms with Gasteiger partial charge >= 0.3 is 0 Å². The minimum Gasteiger partial charge on any atom is -0.367 e. The Kier molecular flexibility index (Phi) is 32.9. The average Bonchev–Trinajstić information content (AvgIpc) is 2.52. The van der Waals surface area contributed by atoms with Gasteiger partial charge in [0.2, 0.25) is 0 Å². The van der Waals surface area contributed by atoms with Crippen molar-refractivity contribution in [3.63, 3.8) is 0 Å². The van der Waals surface area contributed by atoms with Gasteiger partial charge in [0.15, 0.2) is 6.29 Å². The highest BCUT2D eigenvalue weighted by Gasteiger charge is 1.93. The van der Waals surface area contributed by atoms with Crippen molar-refractivity contribution in [2.75, 3.05) is 6.54 Å². The number of nitrogens with two attached hydrogens (primary N) is 1. The maximum atomic E-state index is 7.79. The number of hydrogen-bond acceptors (Lipinski definition) is 3. The Balaban J connectivity index is -0.000000578. The molecule has 0 saturated heterocycles. The third kappa shape index (κ3) is 34.5. The summed E-state index contributed by atoms with van der Waals surface area (Å²) in [7, 11) is 0. The van der Waals surface area contributed by atoms with Gasteiger partial charge < -0.3 is 15.9 Å². The van der Waals surface area contributed by atoms with Gasteiger partial charge in [0, 0.05) is 6.54 Å². The largest absolute Gasteiger partial charge is 0.367 e. The van der Waals surface area contributed by atoms with Gasteiger partial charge in [-0.2, -0.15) is 0 Å². The van der Waals surface area contributed by atoms with Crippen LogP contribution in [0.5, 0.6) is 0 Å². The van der Waals surface area contributed by atoms with E-state index in [1.165, 1.54) is 96.3 Å². The van der Waals surface area contributed by atoms with Crippen LogP contribution < -0.4 is 5.73 Å². The zero-order valence-electron chi connectivity index (χ0n) is 15.8. The fourth-order valence-corrected chi connectivity index (χ4v) is 2.44. The number of rotatable bonds is 15. The van der Waals surface area contributed by atoms with Gasteiger partial charge in [0.1, 0.15) is 0 Å². The summed E-state index contributed by atoms with van der Waals surface area (Å²) in [4.78, 5) is 0. The van der Waals surface area contributed by atoms with Crippen molar-refractivity contribution >= 4 is 12.4 Å². The van der Waals surface area contributed by atoms with Crippen molar-refractivity contribution in [1.82, 2.24) is 0 Å². The van der Waals surface area contributed by atoms with E-state index in [0.717, 1.165) is 0 Å². The molecule has 0 saturated carbocycles. The Labute approximate surface area is 151 Å². The molecule has 0 aromatic rings. The summed E-state index contributed by atoms with van der Waals surface area (Å²) in [6, 6.07) is 0. The van der Waals surface area contributed by atoms with Crippen LogP contribution in [0.3, 0.4) is 0 Å². The second-order valence-electron chi connectivity index (χ2n) is 6.31. The van der Waals surface area contributed by atoms with Gasteiger partial charge in [-0.05, 0) is 0 Å². The monoisotopic (exact) mass is 353 g/mol. The first-order valence-corrected chi connectivity index (χ1v) is 9.75. The van der Waals surface area contributed by atoms with E-state index >= 15 is 0 Å². The van der Waals surface area contributed by atoms with Crippen LogP contribution in [0.2, 0.25) is 0 Å². The predicted molar refractivity (Wildman–Crippen MR) is 105 cm³/mol. The van der Waals surface area contributed by atoms with Gasteiger partial charge in [0.05, 0.1) is 0 Å². The molecule has 0 aliphatic carbocycles. The van der Waals surface area contributed by atoms with Crippen molar-refractivity contribution in [3.05, 3.63) is 0 Å².